The molecule has 1 amide bonds. The number of aromatic nitrogens is 2. The molecule has 1 saturated heterocycles. The highest BCUT2D eigenvalue weighted by molar-refractivity contribution is 5.85. The van der Waals surface area contributed by atoms with Gasteiger partial charge >= 0.3 is 0 Å². The molecule has 1 aromatic heterocycles. The molecule has 0 unspecified atom stereocenters. The maximum Gasteiger partial charge on any atom is 0.224 e. The van der Waals surface area contributed by atoms with Crippen LogP contribution in [0.2, 0.25) is 0 Å². The fourth-order valence-corrected chi connectivity index (χ4v) is 1.81. The predicted octanol–water partition coefficient (Wildman–Crippen LogP) is 0.676. The van der Waals surface area contributed by atoms with E-state index >= 15 is 0 Å². The summed E-state index contributed by atoms with van der Waals surface area (Å²) in [6.45, 7) is 2.16. The Balaban J connectivity index is 0.00000128. The van der Waals surface area contributed by atoms with E-state index < -0.39 is 0 Å². The summed E-state index contributed by atoms with van der Waals surface area (Å²) in [5.74, 6) is 0.179. The zero-order valence-corrected chi connectivity index (χ0v) is 11.1. The molecule has 5 nitrogen and oxygen atoms in total. The molecule has 2 N–H and O–H groups in total. The molecule has 1 aromatic rings. The lowest BCUT2D eigenvalue weighted by Crippen LogP contribution is -2.32. The smallest absolute Gasteiger partial charge is 0.224 e. The molecule has 2 rings (SSSR count). The van der Waals surface area contributed by atoms with E-state index in [2.05, 4.69) is 5.10 Å². The van der Waals surface area contributed by atoms with Crippen LogP contribution >= 0.6 is 24.8 Å². The first-order valence-electron chi connectivity index (χ1n) is 5.26. The van der Waals surface area contributed by atoms with Crippen LogP contribution in [0.4, 0.5) is 0 Å². The number of likely N-dealkylation sites (tertiary alicyclic amines) is 1. The quantitative estimate of drug-likeness (QED) is 0.886. The van der Waals surface area contributed by atoms with E-state index in [1.54, 1.807) is 10.9 Å². The molecule has 1 aliphatic heterocycles. The number of amides is 1. The molecule has 0 saturated carbocycles. The Kier molecular flexibility index (Phi) is 7.18. The molecule has 0 aliphatic carbocycles. The number of hydrogen-bond acceptors (Lipinski definition) is 3. The highest BCUT2D eigenvalue weighted by Gasteiger charge is 2.22. The van der Waals surface area contributed by atoms with Crippen LogP contribution in [0.5, 0.6) is 0 Å². The Hall–Kier alpha value is -0.780. The molecule has 2 heterocycles. The lowest BCUT2D eigenvalue weighted by atomic mass is 10.3. The minimum absolute atomic E-state index is 0. The van der Waals surface area contributed by atoms with Crippen molar-refractivity contribution in [3.05, 3.63) is 18.5 Å². The normalized spacial score (nSPS) is 18.4. The Morgan fingerprint density at radius 1 is 1.47 bits per heavy atom. The molecule has 98 valence electrons. The fourth-order valence-electron chi connectivity index (χ4n) is 1.81. The molecule has 7 heteroatoms. The summed E-state index contributed by atoms with van der Waals surface area (Å²) >= 11 is 0. The number of halogens is 2. The second-order valence-electron chi connectivity index (χ2n) is 3.91. The molecule has 0 spiro atoms. The first-order chi connectivity index (χ1) is 7.25. The predicted molar refractivity (Wildman–Crippen MR) is 70.5 cm³/mol. The van der Waals surface area contributed by atoms with Gasteiger partial charge in [0.15, 0.2) is 0 Å². The summed E-state index contributed by atoms with van der Waals surface area (Å²) in [6.07, 6.45) is 5.02. The number of rotatable bonds is 3. The van der Waals surface area contributed by atoms with Gasteiger partial charge in [0.1, 0.15) is 0 Å². The molecule has 17 heavy (non-hydrogen) atoms. The van der Waals surface area contributed by atoms with Crippen molar-refractivity contribution < 1.29 is 4.79 Å². The number of aryl methyl sites for hydroxylation is 1. The molecule has 0 radical (unpaired) electrons. The standard InChI is InChI=1S/C10H16N4O.2ClH/c11-9-2-6-13(8-9)10(15)3-7-14-5-1-4-12-14;;/h1,4-5,9H,2-3,6-8,11H2;2*1H/t9-;;/m0../s1. The van der Waals surface area contributed by atoms with Crippen LogP contribution in [0.3, 0.4) is 0 Å². The number of carbonyl (C=O) groups is 1. The maximum atomic E-state index is 11.7. The van der Waals surface area contributed by atoms with Crippen LogP contribution in [0.25, 0.3) is 0 Å². The first kappa shape index (κ1) is 16.2. The molecular weight excluding hydrogens is 263 g/mol. The van der Waals surface area contributed by atoms with E-state index in [1.807, 2.05) is 17.2 Å². The summed E-state index contributed by atoms with van der Waals surface area (Å²) < 4.78 is 1.77. The van der Waals surface area contributed by atoms with Gasteiger partial charge in [-0.05, 0) is 12.5 Å². The van der Waals surface area contributed by atoms with E-state index in [1.165, 1.54) is 0 Å². The minimum atomic E-state index is 0. The first-order valence-corrected chi connectivity index (χ1v) is 5.26. The fraction of sp³-hybridized carbons (Fsp3) is 0.600. The Bertz CT molecular complexity index is 331. The minimum Gasteiger partial charge on any atom is -0.341 e. The molecule has 0 aromatic carbocycles. The summed E-state index contributed by atoms with van der Waals surface area (Å²) in [7, 11) is 0. The van der Waals surface area contributed by atoms with Gasteiger partial charge in [-0.25, -0.2) is 0 Å². The second-order valence-corrected chi connectivity index (χ2v) is 3.91. The molecule has 1 atom stereocenters. The van der Waals surface area contributed by atoms with Gasteiger partial charge in [-0.2, -0.15) is 5.10 Å². The number of hydrogen-bond donors (Lipinski definition) is 1. The Morgan fingerprint density at radius 3 is 2.76 bits per heavy atom. The SMILES string of the molecule is Cl.Cl.N[C@H]1CCN(C(=O)CCn2cccn2)C1. The van der Waals surface area contributed by atoms with Crippen LogP contribution < -0.4 is 5.73 Å². The lowest BCUT2D eigenvalue weighted by molar-refractivity contribution is -0.130. The number of nitrogens with two attached hydrogens (primary N) is 1. The van der Waals surface area contributed by atoms with Crippen molar-refractivity contribution in [2.45, 2.75) is 25.4 Å². The van der Waals surface area contributed by atoms with Crippen molar-refractivity contribution in [2.24, 2.45) is 5.73 Å². The number of nitrogens with zero attached hydrogens (tertiary/aromatic N) is 3. The van der Waals surface area contributed by atoms with Gasteiger partial charge in [-0.1, -0.05) is 0 Å². The Labute approximate surface area is 113 Å². The van der Waals surface area contributed by atoms with Gasteiger partial charge in [0, 0.05) is 44.5 Å². The van der Waals surface area contributed by atoms with Crippen molar-refractivity contribution in [3.8, 4) is 0 Å². The summed E-state index contributed by atoms with van der Waals surface area (Å²) in [5, 5.41) is 4.05. The van der Waals surface area contributed by atoms with Crippen molar-refractivity contribution in [1.82, 2.24) is 14.7 Å². The average Bonchev–Trinajstić information content (AvgIpc) is 2.84. The highest BCUT2D eigenvalue weighted by atomic mass is 35.5. The summed E-state index contributed by atoms with van der Waals surface area (Å²) in [5.41, 5.74) is 5.74. The van der Waals surface area contributed by atoms with Crippen molar-refractivity contribution in [3.63, 3.8) is 0 Å². The topological polar surface area (TPSA) is 64.2 Å². The molecule has 0 bridgehead atoms. The zero-order chi connectivity index (χ0) is 10.7. The van der Waals surface area contributed by atoms with Gasteiger partial charge in [-0.3, -0.25) is 9.48 Å². The van der Waals surface area contributed by atoms with Crippen molar-refractivity contribution in [2.75, 3.05) is 13.1 Å². The Morgan fingerprint density at radius 2 is 2.24 bits per heavy atom. The highest BCUT2D eigenvalue weighted by Crippen LogP contribution is 2.08. The largest absolute Gasteiger partial charge is 0.341 e. The van der Waals surface area contributed by atoms with E-state index in [9.17, 15) is 4.79 Å². The summed E-state index contributed by atoms with van der Waals surface area (Å²) in [6, 6.07) is 2.02. The van der Waals surface area contributed by atoms with E-state index in [0.717, 1.165) is 13.0 Å². The zero-order valence-electron chi connectivity index (χ0n) is 9.49. The van der Waals surface area contributed by atoms with Crippen LogP contribution in [-0.4, -0.2) is 39.7 Å². The van der Waals surface area contributed by atoms with E-state index in [4.69, 9.17) is 5.73 Å². The van der Waals surface area contributed by atoms with Gasteiger partial charge in [0.05, 0.1) is 0 Å². The lowest BCUT2D eigenvalue weighted by Gasteiger charge is -2.15. The van der Waals surface area contributed by atoms with Crippen molar-refractivity contribution in [1.29, 1.82) is 0 Å². The van der Waals surface area contributed by atoms with Crippen LogP contribution in [0.15, 0.2) is 18.5 Å². The maximum absolute atomic E-state index is 11.7. The van der Waals surface area contributed by atoms with Crippen molar-refractivity contribution >= 4 is 30.7 Å². The molecule has 1 aliphatic rings. The van der Waals surface area contributed by atoms with Crippen LogP contribution in [0, 0.1) is 0 Å². The third-order valence-electron chi connectivity index (χ3n) is 2.69. The summed E-state index contributed by atoms with van der Waals surface area (Å²) in [4.78, 5) is 13.6. The second kappa shape index (κ2) is 7.53. The van der Waals surface area contributed by atoms with Gasteiger partial charge < -0.3 is 10.6 Å². The molecular formula is C10H18Cl2N4O. The van der Waals surface area contributed by atoms with E-state index in [0.29, 0.717) is 19.5 Å². The third-order valence-corrected chi connectivity index (χ3v) is 2.69. The third kappa shape index (κ3) is 4.53. The average molecular weight is 281 g/mol. The molecule has 1 fully saturated rings. The van der Waals surface area contributed by atoms with Gasteiger partial charge in [0.2, 0.25) is 5.91 Å². The van der Waals surface area contributed by atoms with Crippen LogP contribution in [-0.2, 0) is 11.3 Å². The van der Waals surface area contributed by atoms with E-state index in [-0.39, 0.29) is 36.8 Å². The van der Waals surface area contributed by atoms with Crippen LogP contribution in [0.1, 0.15) is 12.8 Å². The monoisotopic (exact) mass is 280 g/mol. The number of carbonyl (C=O) groups excluding carboxylic acids is 1. The van der Waals surface area contributed by atoms with Gasteiger partial charge in [0.25, 0.3) is 0 Å². The van der Waals surface area contributed by atoms with Gasteiger partial charge in [-0.15, -0.1) is 24.8 Å².